The SMILES string of the molecule is CC(C)(C)C(=O)C1=C2[C@@H]3CCC4CCCC[C@]4(C)[C@H]3CC[C@]2(C)C(=O)C1=O. The van der Waals surface area contributed by atoms with Gasteiger partial charge in [-0.3, -0.25) is 14.4 Å². The average Bonchev–Trinajstić information content (AvgIpc) is 2.80. The standard InChI is InChI=1S/C24H34O3/c1-22(2,3)20(26)17-18-15-10-9-14-8-6-7-12-23(14,4)16(15)11-13-24(18,5)21(27)19(17)25/h14-16H,6-13H2,1-5H3/t14?,15-,16+,23+,24+/m1/s1. The normalized spacial score (nSPS) is 41.9. The molecular weight excluding hydrogens is 336 g/mol. The summed E-state index contributed by atoms with van der Waals surface area (Å²) in [6.45, 7) is 9.97. The van der Waals surface area contributed by atoms with Gasteiger partial charge in [0, 0.05) is 5.41 Å². The van der Waals surface area contributed by atoms with Gasteiger partial charge in [-0.2, -0.15) is 0 Å². The first-order valence-corrected chi connectivity index (χ1v) is 10.9. The number of hydrogen-bond acceptors (Lipinski definition) is 3. The van der Waals surface area contributed by atoms with Gasteiger partial charge < -0.3 is 0 Å². The third-order valence-electron chi connectivity index (χ3n) is 8.64. The van der Waals surface area contributed by atoms with Gasteiger partial charge >= 0.3 is 0 Å². The first-order chi connectivity index (χ1) is 12.5. The van der Waals surface area contributed by atoms with Crippen molar-refractivity contribution in [3.8, 4) is 0 Å². The molecule has 0 amide bonds. The van der Waals surface area contributed by atoms with Crippen molar-refractivity contribution in [1.82, 2.24) is 0 Å². The zero-order chi connectivity index (χ0) is 19.8. The molecule has 4 aliphatic carbocycles. The van der Waals surface area contributed by atoms with Gasteiger partial charge in [0.2, 0.25) is 11.6 Å². The van der Waals surface area contributed by atoms with Crippen LogP contribution in [0.1, 0.15) is 86.0 Å². The molecular formula is C24H34O3. The van der Waals surface area contributed by atoms with Gasteiger partial charge in [-0.1, -0.05) is 40.5 Å². The highest BCUT2D eigenvalue weighted by Crippen LogP contribution is 2.65. The lowest BCUT2D eigenvalue weighted by Gasteiger charge is -2.58. The third-order valence-corrected chi connectivity index (χ3v) is 8.64. The van der Waals surface area contributed by atoms with Crippen LogP contribution in [-0.4, -0.2) is 17.3 Å². The molecule has 4 rings (SSSR count). The number of hydrogen-bond donors (Lipinski definition) is 0. The number of ketones is 3. The minimum Gasteiger partial charge on any atom is -0.293 e. The van der Waals surface area contributed by atoms with Crippen molar-refractivity contribution in [1.29, 1.82) is 0 Å². The van der Waals surface area contributed by atoms with Gasteiger partial charge in [0.25, 0.3) is 0 Å². The van der Waals surface area contributed by atoms with Crippen LogP contribution in [0.2, 0.25) is 0 Å². The van der Waals surface area contributed by atoms with Crippen LogP contribution in [-0.2, 0) is 14.4 Å². The van der Waals surface area contributed by atoms with E-state index in [1.165, 1.54) is 32.1 Å². The van der Waals surface area contributed by atoms with E-state index in [1.807, 2.05) is 27.7 Å². The fourth-order valence-corrected chi connectivity index (χ4v) is 7.08. The highest BCUT2D eigenvalue weighted by Gasteiger charge is 2.61. The molecule has 0 radical (unpaired) electrons. The maximum absolute atomic E-state index is 13.2. The van der Waals surface area contributed by atoms with Crippen molar-refractivity contribution in [3.05, 3.63) is 11.1 Å². The van der Waals surface area contributed by atoms with Crippen LogP contribution in [0, 0.1) is 34.0 Å². The molecule has 0 aromatic heterocycles. The second-order valence-electron chi connectivity index (χ2n) is 11.1. The first kappa shape index (κ1) is 19.1. The summed E-state index contributed by atoms with van der Waals surface area (Å²) in [6, 6.07) is 0. The quantitative estimate of drug-likeness (QED) is 0.478. The number of Topliss-reactive ketones (excluding diaryl/α,β-unsaturated/α-hetero) is 3. The Morgan fingerprint density at radius 1 is 0.963 bits per heavy atom. The lowest BCUT2D eigenvalue weighted by atomic mass is 9.46. The summed E-state index contributed by atoms with van der Waals surface area (Å²) in [5, 5.41) is 0. The largest absolute Gasteiger partial charge is 0.293 e. The van der Waals surface area contributed by atoms with E-state index < -0.39 is 16.6 Å². The Balaban J connectivity index is 1.85. The molecule has 3 heteroatoms. The van der Waals surface area contributed by atoms with Crippen LogP contribution < -0.4 is 0 Å². The fourth-order valence-electron chi connectivity index (χ4n) is 7.08. The van der Waals surface area contributed by atoms with Gasteiger partial charge in [-0.05, 0) is 74.2 Å². The molecule has 148 valence electrons. The van der Waals surface area contributed by atoms with Crippen LogP contribution in [0.4, 0.5) is 0 Å². The summed E-state index contributed by atoms with van der Waals surface area (Å²) in [7, 11) is 0. The van der Waals surface area contributed by atoms with E-state index in [0.717, 1.165) is 30.8 Å². The molecule has 1 unspecified atom stereocenters. The van der Waals surface area contributed by atoms with Gasteiger partial charge in [0.15, 0.2) is 5.78 Å². The number of allylic oxidation sites excluding steroid dienone is 2. The van der Waals surface area contributed by atoms with Crippen LogP contribution >= 0.6 is 0 Å². The molecule has 4 aliphatic rings. The first-order valence-electron chi connectivity index (χ1n) is 10.9. The van der Waals surface area contributed by atoms with E-state index in [4.69, 9.17) is 0 Å². The summed E-state index contributed by atoms with van der Waals surface area (Å²) < 4.78 is 0. The molecule has 0 heterocycles. The zero-order valence-corrected chi connectivity index (χ0v) is 17.6. The fraction of sp³-hybridized carbons (Fsp3) is 0.792. The lowest BCUT2D eigenvalue weighted by Crippen LogP contribution is -2.50. The second-order valence-corrected chi connectivity index (χ2v) is 11.1. The number of fused-ring (bicyclic) bond motifs is 5. The molecule has 0 aromatic rings. The van der Waals surface area contributed by atoms with E-state index in [2.05, 4.69) is 6.92 Å². The van der Waals surface area contributed by atoms with Crippen molar-refractivity contribution in [2.45, 2.75) is 86.0 Å². The van der Waals surface area contributed by atoms with Crippen LogP contribution in [0.5, 0.6) is 0 Å². The monoisotopic (exact) mass is 370 g/mol. The smallest absolute Gasteiger partial charge is 0.233 e. The van der Waals surface area contributed by atoms with Gasteiger partial charge in [0.05, 0.1) is 11.0 Å². The molecule has 5 atom stereocenters. The van der Waals surface area contributed by atoms with Crippen molar-refractivity contribution < 1.29 is 14.4 Å². The van der Waals surface area contributed by atoms with Crippen molar-refractivity contribution in [2.24, 2.45) is 34.0 Å². The summed E-state index contributed by atoms with van der Waals surface area (Å²) in [5.74, 6) is 0.576. The Morgan fingerprint density at radius 2 is 1.67 bits per heavy atom. The minimum atomic E-state index is -0.730. The van der Waals surface area contributed by atoms with Gasteiger partial charge in [0.1, 0.15) is 0 Å². The summed E-state index contributed by atoms with van der Waals surface area (Å²) >= 11 is 0. The Kier molecular flexibility index (Phi) is 4.15. The zero-order valence-electron chi connectivity index (χ0n) is 17.6. The Labute approximate surface area is 163 Å². The van der Waals surface area contributed by atoms with E-state index in [9.17, 15) is 14.4 Å². The summed E-state index contributed by atoms with van der Waals surface area (Å²) in [5.41, 5.74) is 0.163. The number of rotatable bonds is 1. The van der Waals surface area contributed by atoms with Crippen LogP contribution in [0.15, 0.2) is 11.1 Å². The summed E-state index contributed by atoms with van der Waals surface area (Å²) in [4.78, 5) is 39.2. The van der Waals surface area contributed by atoms with Crippen LogP contribution in [0.3, 0.4) is 0 Å². The van der Waals surface area contributed by atoms with Crippen molar-refractivity contribution in [3.63, 3.8) is 0 Å². The predicted octanol–water partition coefficient (Wildman–Crippen LogP) is 5.07. The Hall–Kier alpha value is -1.25. The maximum atomic E-state index is 13.2. The molecule has 0 bridgehead atoms. The molecule has 0 spiro atoms. The molecule has 0 saturated heterocycles. The molecule has 0 N–H and O–H groups in total. The number of carbonyl (C=O) groups is 3. The molecule has 3 fully saturated rings. The Morgan fingerprint density at radius 3 is 2.33 bits per heavy atom. The molecule has 3 saturated carbocycles. The maximum Gasteiger partial charge on any atom is 0.233 e. The van der Waals surface area contributed by atoms with E-state index in [-0.39, 0.29) is 23.1 Å². The third kappa shape index (κ3) is 2.49. The molecule has 0 aromatic carbocycles. The van der Waals surface area contributed by atoms with Gasteiger partial charge in [-0.15, -0.1) is 0 Å². The second kappa shape index (κ2) is 5.87. The molecule has 3 nitrogen and oxygen atoms in total. The lowest BCUT2D eigenvalue weighted by molar-refractivity contribution is -0.140. The van der Waals surface area contributed by atoms with Crippen molar-refractivity contribution in [2.75, 3.05) is 0 Å². The van der Waals surface area contributed by atoms with Gasteiger partial charge in [-0.25, -0.2) is 0 Å². The topological polar surface area (TPSA) is 51.2 Å². The molecule has 27 heavy (non-hydrogen) atoms. The summed E-state index contributed by atoms with van der Waals surface area (Å²) in [6.07, 6.45) is 9.18. The Bertz CT molecular complexity index is 752. The van der Waals surface area contributed by atoms with Crippen molar-refractivity contribution >= 4 is 17.3 Å². The predicted molar refractivity (Wildman–Crippen MR) is 105 cm³/mol. The van der Waals surface area contributed by atoms with Crippen LogP contribution in [0.25, 0.3) is 0 Å². The highest BCUT2D eigenvalue weighted by molar-refractivity contribution is 6.54. The highest BCUT2D eigenvalue weighted by atomic mass is 16.2. The molecule has 0 aliphatic heterocycles. The average molecular weight is 371 g/mol. The van der Waals surface area contributed by atoms with E-state index in [0.29, 0.717) is 11.3 Å². The van der Waals surface area contributed by atoms with E-state index in [1.54, 1.807) is 0 Å². The number of carbonyl (C=O) groups excluding carboxylic acids is 3. The van der Waals surface area contributed by atoms with E-state index >= 15 is 0 Å². The minimum absolute atomic E-state index is 0.129.